The van der Waals surface area contributed by atoms with Gasteiger partial charge in [0.1, 0.15) is 36.1 Å². The summed E-state index contributed by atoms with van der Waals surface area (Å²) in [7, 11) is 0. The van der Waals surface area contributed by atoms with E-state index in [0.717, 1.165) is 0 Å². The Morgan fingerprint density at radius 3 is 2.77 bits per heavy atom. The van der Waals surface area contributed by atoms with Crippen molar-refractivity contribution < 1.29 is 20.1 Å². The summed E-state index contributed by atoms with van der Waals surface area (Å²) < 4.78 is 7.08. The lowest BCUT2D eigenvalue weighted by Crippen LogP contribution is -2.33. The fourth-order valence-electron chi connectivity index (χ4n) is 2.64. The number of fused-ring (bicyclic) bond motifs is 1. The number of ether oxygens (including phenoxy) is 1. The Morgan fingerprint density at radius 2 is 2.14 bits per heavy atom. The Hall–Kier alpha value is -2.18. The van der Waals surface area contributed by atoms with Crippen LogP contribution >= 0.6 is 0 Å². The van der Waals surface area contributed by atoms with Crippen LogP contribution in [0.1, 0.15) is 18.7 Å². The van der Waals surface area contributed by atoms with E-state index in [4.69, 9.17) is 10.5 Å². The molecule has 1 fully saturated rings. The highest BCUT2D eigenvalue weighted by Crippen LogP contribution is 2.34. The van der Waals surface area contributed by atoms with E-state index < -0.39 is 31.1 Å². The normalized spacial score (nSPS) is 27.8. The molecule has 116 valence electrons. The molecule has 4 atom stereocenters. The summed E-state index contributed by atoms with van der Waals surface area (Å²) in [6, 6.07) is 0. The Kier molecular flexibility index (Phi) is 3.72. The van der Waals surface area contributed by atoms with Crippen LogP contribution < -0.4 is 5.73 Å². The third-order valence-electron chi connectivity index (χ3n) is 3.69. The van der Waals surface area contributed by atoms with E-state index in [1.807, 2.05) is 0 Å². The van der Waals surface area contributed by atoms with Crippen molar-refractivity contribution in [3.63, 3.8) is 0 Å². The van der Waals surface area contributed by atoms with Gasteiger partial charge in [-0.25, -0.2) is 9.97 Å². The van der Waals surface area contributed by atoms with Crippen molar-refractivity contribution in [1.29, 1.82) is 0 Å². The summed E-state index contributed by atoms with van der Waals surface area (Å²) in [6.45, 7) is 1.29. The topological polar surface area (TPSA) is 127 Å². The van der Waals surface area contributed by atoms with Crippen LogP contribution in [0, 0.1) is 11.8 Å². The summed E-state index contributed by atoms with van der Waals surface area (Å²) >= 11 is 0. The Balaban J connectivity index is 2.15. The van der Waals surface area contributed by atoms with Gasteiger partial charge in [0, 0.05) is 6.20 Å². The molecule has 1 aliphatic rings. The highest BCUT2D eigenvalue weighted by molar-refractivity contribution is 5.92. The van der Waals surface area contributed by atoms with E-state index >= 15 is 0 Å². The van der Waals surface area contributed by atoms with Crippen LogP contribution in [0.5, 0.6) is 0 Å². The molecule has 4 unspecified atom stereocenters. The van der Waals surface area contributed by atoms with Gasteiger partial charge >= 0.3 is 0 Å². The number of aromatic nitrogens is 3. The number of anilines is 1. The van der Waals surface area contributed by atoms with Crippen LogP contribution in [0.2, 0.25) is 0 Å². The molecule has 3 rings (SSSR count). The van der Waals surface area contributed by atoms with Gasteiger partial charge in [0.25, 0.3) is 0 Å². The Bertz CT molecular complexity index is 763. The van der Waals surface area contributed by atoms with Gasteiger partial charge in [-0.15, -0.1) is 5.92 Å². The van der Waals surface area contributed by atoms with E-state index in [0.29, 0.717) is 16.6 Å². The number of nitrogens with two attached hydrogens (primary N) is 1. The zero-order valence-electron chi connectivity index (χ0n) is 11.8. The lowest BCUT2D eigenvalue weighted by Gasteiger charge is -2.17. The SMILES string of the molecule is CC#Cc1cn(C2OC(CO)C(O)C2O)c2ncnc(N)c12. The second-order valence-corrected chi connectivity index (χ2v) is 5.01. The molecule has 2 aromatic heterocycles. The van der Waals surface area contributed by atoms with Crippen LogP contribution in [0.4, 0.5) is 5.82 Å². The van der Waals surface area contributed by atoms with E-state index in [1.165, 1.54) is 6.33 Å². The second-order valence-electron chi connectivity index (χ2n) is 5.01. The molecule has 1 aliphatic heterocycles. The number of aliphatic hydroxyl groups is 3. The highest BCUT2D eigenvalue weighted by atomic mass is 16.6. The molecule has 0 amide bonds. The minimum Gasteiger partial charge on any atom is -0.394 e. The van der Waals surface area contributed by atoms with Gasteiger partial charge < -0.3 is 30.4 Å². The van der Waals surface area contributed by atoms with Gasteiger partial charge in [0.05, 0.1) is 17.6 Å². The molecule has 8 heteroatoms. The van der Waals surface area contributed by atoms with Gasteiger partial charge in [-0.2, -0.15) is 0 Å². The van der Waals surface area contributed by atoms with Crippen molar-refractivity contribution >= 4 is 16.9 Å². The zero-order valence-corrected chi connectivity index (χ0v) is 11.8. The number of rotatable bonds is 2. The van der Waals surface area contributed by atoms with Crippen molar-refractivity contribution in [2.24, 2.45) is 0 Å². The van der Waals surface area contributed by atoms with Gasteiger partial charge in [0.15, 0.2) is 6.23 Å². The highest BCUT2D eigenvalue weighted by Gasteiger charge is 2.44. The van der Waals surface area contributed by atoms with Gasteiger partial charge in [-0.1, -0.05) is 5.92 Å². The lowest BCUT2D eigenvalue weighted by atomic mass is 10.1. The molecule has 8 nitrogen and oxygen atoms in total. The number of aliphatic hydroxyl groups excluding tert-OH is 3. The third kappa shape index (κ3) is 2.12. The Labute approximate surface area is 126 Å². The molecule has 1 saturated heterocycles. The fourth-order valence-corrected chi connectivity index (χ4v) is 2.64. The average Bonchev–Trinajstić information content (AvgIpc) is 3.00. The number of nitrogens with zero attached hydrogens (tertiary/aromatic N) is 3. The minimum absolute atomic E-state index is 0.272. The van der Waals surface area contributed by atoms with E-state index in [-0.39, 0.29) is 5.82 Å². The van der Waals surface area contributed by atoms with Crippen LogP contribution in [0.3, 0.4) is 0 Å². The first-order valence-corrected chi connectivity index (χ1v) is 6.74. The van der Waals surface area contributed by atoms with Crippen molar-refractivity contribution in [3.05, 3.63) is 18.1 Å². The summed E-state index contributed by atoms with van der Waals surface area (Å²) in [4.78, 5) is 8.12. The van der Waals surface area contributed by atoms with Crippen molar-refractivity contribution in [3.8, 4) is 11.8 Å². The molecule has 0 aliphatic carbocycles. The lowest BCUT2D eigenvalue weighted by molar-refractivity contribution is -0.0508. The molecule has 0 aromatic carbocycles. The van der Waals surface area contributed by atoms with Crippen LogP contribution in [-0.2, 0) is 4.74 Å². The quantitative estimate of drug-likeness (QED) is 0.524. The number of hydrogen-bond acceptors (Lipinski definition) is 7. The van der Waals surface area contributed by atoms with Crippen LogP contribution in [-0.4, -0.2) is 54.8 Å². The van der Waals surface area contributed by atoms with Crippen molar-refractivity contribution in [2.45, 2.75) is 31.5 Å². The maximum atomic E-state index is 10.2. The predicted octanol–water partition coefficient (Wildman–Crippen LogP) is -1.00. The molecule has 0 bridgehead atoms. The maximum Gasteiger partial charge on any atom is 0.164 e. The van der Waals surface area contributed by atoms with Crippen molar-refractivity contribution in [2.75, 3.05) is 12.3 Å². The predicted molar refractivity (Wildman–Crippen MR) is 77.5 cm³/mol. The second kappa shape index (κ2) is 5.55. The molecule has 0 radical (unpaired) electrons. The number of nitrogen functional groups attached to an aromatic ring is 1. The summed E-state index contributed by atoms with van der Waals surface area (Å²) in [5, 5.41) is 29.8. The fraction of sp³-hybridized carbons (Fsp3) is 0.429. The first-order chi connectivity index (χ1) is 10.6. The zero-order chi connectivity index (χ0) is 15.9. The summed E-state index contributed by atoms with van der Waals surface area (Å²) in [5.74, 6) is 5.96. The molecule has 5 N–H and O–H groups in total. The van der Waals surface area contributed by atoms with Crippen LogP contribution in [0.25, 0.3) is 11.0 Å². The molecular formula is C14H16N4O4. The average molecular weight is 304 g/mol. The summed E-state index contributed by atoms with van der Waals surface area (Å²) in [6.07, 6.45) is -1.20. The third-order valence-corrected chi connectivity index (χ3v) is 3.69. The molecule has 22 heavy (non-hydrogen) atoms. The van der Waals surface area contributed by atoms with Crippen LogP contribution in [0.15, 0.2) is 12.5 Å². The molecular weight excluding hydrogens is 288 g/mol. The molecule has 0 spiro atoms. The van der Waals surface area contributed by atoms with E-state index in [2.05, 4.69) is 21.8 Å². The van der Waals surface area contributed by atoms with Gasteiger partial charge in [-0.3, -0.25) is 0 Å². The molecule has 2 aromatic rings. The summed E-state index contributed by atoms with van der Waals surface area (Å²) in [5.41, 5.74) is 6.94. The standard InChI is InChI=1S/C14H16N4O4/c1-2-3-7-4-18(13-9(7)12(15)16-6-17-13)14-11(21)10(20)8(5-19)22-14/h4,6,8,10-11,14,19-21H,5H2,1H3,(H2,15,16,17). The monoisotopic (exact) mass is 304 g/mol. The van der Waals surface area contributed by atoms with Gasteiger partial charge in [-0.05, 0) is 6.92 Å². The first-order valence-electron chi connectivity index (χ1n) is 6.74. The number of hydrogen-bond donors (Lipinski definition) is 4. The first kappa shape index (κ1) is 14.7. The Morgan fingerprint density at radius 1 is 1.36 bits per heavy atom. The van der Waals surface area contributed by atoms with E-state index in [1.54, 1.807) is 17.7 Å². The largest absolute Gasteiger partial charge is 0.394 e. The minimum atomic E-state index is -1.20. The smallest absolute Gasteiger partial charge is 0.164 e. The van der Waals surface area contributed by atoms with E-state index in [9.17, 15) is 15.3 Å². The molecule has 0 saturated carbocycles. The van der Waals surface area contributed by atoms with Gasteiger partial charge in [0.2, 0.25) is 0 Å². The van der Waals surface area contributed by atoms with Crippen molar-refractivity contribution in [1.82, 2.24) is 14.5 Å². The maximum absolute atomic E-state index is 10.2. The molecule has 3 heterocycles.